The summed E-state index contributed by atoms with van der Waals surface area (Å²) in [6.07, 6.45) is 6.27. The lowest BCUT2D eigenvalue weighted by Gasteiger charge is -2.26. The normalized spacial score (nSPS) is 22.4. The lowest BCUT2D eigenvalue weighted by atomic mass is 9.86. The van der Waals surface area contributed by atoms with Crippen LogP contribution in [0.25, 0.3) is 11.5 Å². The van der Waals surface area contributed by atoms with Crippen LogP contribution >= 0.6 is 15.9 Å². The van der Waals surface area contributed by atoms with E-state index >= 15 is 0 Å². The van der Waals surface area contributed by atoms with Crippen LogP contribution in [0.3, 0.4) is 0 Å². The molecule has 0 saturated heterocycles. The van der Waals surface area contributed by atoms with Gasteiger partial charge in [0.15, 0.2) is 0 Å². The quantitative estimate of drug-likeness (QED) is 0.913. The highest BCUT2D eigenvalue weighted by Crippen LogP contribution is 2.33. The third kappa shape index (κ3) is 3.32. The lowest BCUT2D eigenvalue weighted by molar-refractivity contribution is 0.284. The van der Waals surface area contributed by atoms with Gasteiger partial charge in [-0.2, -0.15) is 4.98 Å². The van der Waals surface area contributed by atoms with Crippen molar-refractivity contribution in [2.75, 3.05) is 6.54 Å². The van der Waals surface area contributed by atoms with Crippen LogP contribution in [0.15, 0.2) is 27.3 Å². The number of rotatable bonds is 4. The van der Waals surface area contributed by atoms with E-state index in [9.17, 15) is 0 Å². The fourth-order valence-corrected chi connectivity index (χ4v) is 3.31. The maximum absolute atomic E-state index is 5.47. The first-order valence-electron chi connectivity index (χ1n) is 7.45. The monoisotopic (exact) mass is 350 g/mol. The molecule has 1 aliphatic rings. The molecule has 21 heavy (non-hydrogen) atoms. The molecule has 0 radical (unpaired) electrons. The molecule has 2 heterocycles. The number of hydrogen-bond acceptors (Lipinski definition) is 5. The second-order valence-corrected chi connectivity index (χ2v) is 6.25. The fraction of sp³-hybridized carbons (Fsp3) is 0.533. The standard InChI is InChI=1S/C15H19BrN4O/c1-2-17-11-7-5-10(6-8-11)15-19-14(20-21-15)13-12(16)4-3-9-18-13/h3-4,9-11,17H,2,5-8H2,1H3. The van der Waals surface area contributed by atoms with Crippen molar-refractivity contribution in [3.63, 3.8) is 0 Å². The molecule has 1 aliphatic carbocycles. The lowest BCUT2D eigenvalue weighted by Crippen LogP contribution is -2.32. The maximum atomic E-state index is 5.47. The van der Waals surface area contributed by atoms with Crippen molar-refractivity contribution in [2.45, 2.75) is 44.6 Å². The summed E-state index contributed by atoms with van der Waals surface area (Å²) >= 11 is 3.47. The van der Waals surface area contributed by atoms with Gasteiger partial charge >= 0.3 is 0 Å². The number of nitrogens with one attached hydrogen (secondary N) is 1. The zero-order chi connectivity index (χ0) is 14.7. The summed E-state index contributed by atoms with van der Waals surface area (Å²) in [5.41, 5.74) is 0.730. The minimum atomic E-state index is 0.378. The Kier molecular flexibility index (Phi) is 4.65. The first kappa shape index (κ1) is 14.7. The van der Waals surface area contributed by atoms with Crippen molar-refractivity contribution in [1.82, 2.24) is 20.4 Å². The molecule has 2 aromatic heterocycles. The molecule has 0 atom stereocenters. The van der Waals surface area contributed by atoms with Crippen molar-refractivity contribution in [1.29, 1.82) is 0 Å². The van der Waals surface area contributed by atoms with E-state index in [1.807, 2.05) is 12.1 Å². The number of halogens is 1. The van der Waals surface area contributed by atoms with E-state index in [2.05, 4.69) is 43.3 Å². The van der Waals surface area contributed by atoms with Gasteiger partial charge in [-0.1, -0.05) is 12.1 Å². The van der Waals surface area contributed by atoms with E-state index in [0.717, 1.165) is 35.4 Å². The van der Waals surface area contributed by atoms with E-state index < -0.39 is 0 Å². The van der Waals surface area contributed by atoms with Crippen molar-refractivity contribution < 1.29 is 4.52 Å². The Morgan fingerprint density at radius 2 is 2.14 bits per heavy atom. The molecule has 2 aromatic rings. The molecule has 0 spiro atoms. The van der Waals surface area contributed by atoms with Crippen LogP contribution in [0.5, 0.6) is 0 Å². The summed E-state index contributed by atoms with van der Waals surface area (Å²) in [6.45, 7) is 3.19. The first-order chi connectivity index (χ1) is 10.3. The van der Waals surface area contributed by atoms with Gasteiger partial charge in [0.2, 0.25) is 11.7 Å². The zero-order valence-electron chi connectivity index (χ0n) is 12.1. The Hall–Kier alpha value is -1.27. The van der Waals surface area contributed by atoms with Gasteiger partial charge in [-0.3, -0.25) is 4.98 Å². The SMILES string of the molecule is CCNC1CCC(c2nc(-c3ncccc3Br)no2)CC1. The maximum Gasteiger partial charge on any atom is 0.230 e. The largest absolute Gasteiger partial charge is 0.339 e. The zero-order valence-corrected chi connectivity index (χ0v) is 13.6. The molecule has 112 valence electrons. The number of nitrogens with zero attached hydrogens (tertiary/aromatic N) is 3. The number of aromatic nitrogens is 3. The molecule has 0 aliphatic heterocycles. The molecular formula is C15H19BrN4O. The van der Waals surface area contributed by atoms with E-state index in [0.29, 0.717) is 17.8 Å². The van der Waals surface area contributed by atoms with E-state index in [-0.39, 0.29) is 0 Å². The number of pyridine rings is 1. The minimum Gasteiger partial charge on any atom is -0.339 e. The second-order valence-electron chi connectivity index (χ2n) is 5.40. The second kappa shape index (κ2) is 6.66. The van der Waals surface area contributed by atoms with Crippen molar-refractivity contribution >= 4 is 15.9 Å². The third-order valence-corrected chi connectivity index (χ3v) is 4.62. The van der Waals surface area contributed by atoms with Gasteiger partial charge in [-0.15, -0.1) is 0 Å². The molecule has 1 N–H and O–H groups in total. The average Bonchev–Trinajstić information content (AvgIpc) is 2.98. The van der Waals surface area contributed by atoms with Crippen LogP contribution in [-0.4, -0.2) is 27.7 Å². The summed E-state index contributed by atoms with van der Waals surface area (Å²) in [5.74, 6) is 1.69. The smallest absolute Gasteiger partial charge is 0.230 e. The summed E-state index contributed by atoms with van der Waals surface area (Å²) in [7, 11) is 0. The van der Waals surface area contributed by atoms with Gasteiger partial charge in [0.05, 0.1) is 0 Å². The van der Waals surface area contributed by atoms with Crippen LogP contribution in [0.4, 0.5) is 0 Å². The Morgan fingerprint density at radius 3 is 2.86 bits per heavy atom. The predicted molar refractivity (Wildman–Crippen MR) is 83.9 cm³/mol. The molecule has 5 nitrogen and oxygen atoms in total. The van der Waals surface area contributed by atoms with Crippen LogP contribution in [-0.2, 0) is 0 Å². The summed E-state index contributed by atoms with van der Waals surface area (Å²) in [6, 6.07) is 4.44. The topological polar surface area (TPSA) is 63.8 Å². The van der Waals surface area contributed by atoms with E-state index in [1.54, 1.807) is 6.20 Å². The molecular weight excluding hydrogens is 332 g/mol. The van der Waals surface area contributed by atoms with E-state index in [1.165, 1.54) is 12.8 Å². The van der Waals surface area contributed by atoms with Gasteiger partial charge < -0.3 is 9.84 Å². The third-order valence-electron chi connectivity index (χ3n) is 3.98. The van der Waals surface area contributed by atoms with Crippen LogP contribution in [0.1, 0.15) is 44.4 Å². The van der Waals surface area contributed by atoms with Gasteiger partial charge in [0, 0.05) is 22.6 Å². The van der Waals surface area contributed by atoms with Crippen LogP contribution in [0.2, 0.25) is 0 Å². The highest BCUT2D eigenvalue weighted by atomic mass is 79.9. The van der Waals surface area contributed by atoms with Crippen molar-refractivity contribution in [2.24, 2.45) is 0 Å². The molecule has 0 amide bonds. The molecule has 6 heteroatoms. The highest BCUT2D eigenvalue weighted by Gasteiger charge is 2.26. The number of hydrogen-bond donors (Lipinski definition) is 1. The Morgan fingerprint density at radius 1 is 1.33 bits per heavy atom. The van der Waals surface area contributed by atoms with Gasteiger partial charge in [0.25, 0.3) is 0 Å². The summed E-state index contributed by atoms with van der Waals surface area (Å²) in [4.78, 5) is 8.85. The molecule has 1 saturated carbocycles. The van der Waals surface area contributed by atoms with Gasteiger partial charge in [-0.25, -0.2) is 0 Å². The molecule has 0 unspecified atom stereocenters. The Labute approximate surface area is 132 Å². The molecule has 1 fully saturated rings. The average molecular weight is 351 g/mol. The molecule has 0 bridgehead atoms. The van der Waals surface area contributed by atoms with Crippen molar-refractivity contribution in [3.8, 4) is 11.5 Å². The summed E-state index contributed by atoms with van der Waals surface area (Å²) < 4.78 is 6.35. The summed E-state index contributed by atoms with van der Waals surface area (Å²) in [5, 5.41) is 7.60. The van der Waals surface area contributed by atoms with Crippen molar-refractivity contribution in [3.05, 3.63) is 28.7 Å². The van der Waals surface area contributed by atoms with E-state index in [4.69, 9.17) is 4.52 Å². The van der Waals surface area contributed by atoms with Crippen LogP contribution in [0, 0.1) is 0 Å². The predicted octanol–water partition coefficient (Wildman–Crippen LogP) is 3.53. The Bertz CT molecular complexity index is 593. The fourth-order valence-electron chi connectivity index (χ4n) is 2.88. The molecule has 0 aromatic carbocycles. The van der Waals surface area contributed by atoms with Gasteiger partial charge in [-0.05, 0) is 60.3 Å². The minimum absolute atomic E-state index is 0.378. The Balaban J connectivity index is 1.70. The van der Waals surface area contributed by atoms with Crippen LogP contribution < -0.4 is 5.32 Å². The molecule has 3 rings (SSSR count). The van der Waals surface area contributed by atoms with Gasteiger partial charge in [0.1, 0.15) is 5.69 Å². The highest BCUT2D eigenvalue weighted by molar-refractivity contribution is 9.10. The first-order valence-corrected chi connectivity index (χ1v) is 8.25.